The van der Waals surface area contributed by atoms with E-state index in [9.17, 15) is 26.4 Å². The highest BCUT2D eigenvalue weighted by Crippen LogP contribution is 2.29. The lowest BCUT2D eigenvalue weighted by molar-refractivity contribution is -0.159. The van der Waals surface area contributed by atoms with E-state index in [1.54, 1.807) is 20.8 Å². The number of hydrogen-bond donors (Lipinski definition) is 1. The fraction of sp³-hybridized carbons (Fsp3) is 0.438. The first kappa shape index (κ1) is 21.0. The zero-order valence-electron chi connectivity index (χ0n) is 14.7. The van der Waals surface area contributed by atoms with Crippen LogP contribution in [0.3, 0.4) is 0 Å². The highest BCUT2D eigenvalue weighted by Gasteiger charge is 2.38. The zero-order chi connectivity index (χ0) is 20.4. The van der Waals surface area contributed by atoms with Gasteiger partial charge in [-0.05, 0) is 12.8 Å². The average molecular weight is 405 g/mol. The van der Waals surface area contributed by atoms with Crippen molar-refractivity contribution in [2.24, 2.45) is 5.92 Å². The quantitative estimate of drug-likeness (QED) is 0.711. The van der Waals surface area contributed by atoms with E-state index in [4.69, 9.17) is 0 Å². The maximum Gasteiger partial charge on any atom is 0.471 e. The van der Waals surface area contributed by atoms with Crippen LogP contribution in [-0.2, 0) is 16.2 Å². The Bertz CT molecular complexity index is 906. The summed E-state index contributed by atoms with van der Waals surface area (Å²) in [6, 6.07) is 5.40. The summed E-state index contributed by atoms with van der Waals surface area (Å²) in [4.78, 5) is 15.4. The molecule has 1 unspecified atom stereocenters. The zero-order valence-corrected chi connectivity index (χ0v) is 15.6. The van der Waals surface area contributed by atoms with Crippen molar-refractivity contribution in [3.05, 3.63) is 35.7 Å². The van der Waals surface area contributed by atoms with Crippen LogP contribution in [0.4, 0.5) is 13.2 Å². The third-order valence-corrected chi connectivity index (χ3v) is 6.07. The normalized spacial score (nSPS) is 13.7. The number of carbonyl (C=O) groups excluding carboxylic acids is 1. The van der Waals surface area contributed by atoms with Crippen LogP contribution >= 0.6 is 0 Å². The number of halogens is 3. The Morgan fingerprint density at radius 2 is 1.78 bits per heavy atom. The molecule has 0 bridgehead atoms. The van der Waals surface area contributed by atoms with Gasteiger partial charge in [0.25, 0.3) is 0 Å². The van der Waals surface area contributed by atoms with E-state index in [1.165, 1.54) is 24.3 Å². The Kier molecular flexibility index (Phi) is 6.05. The van der Waals surface area contributed by atoms with Crippen molar-refractivity contribution in [2.75, 3.05) is 6.54 Å². The molecule has 7 nitrogen and oxygen atoms in total. The van der Waals surface area contributed by atoms with Crippen molar-refractivity contribution in [1.29, 1.82) is 0 Å². The summed E-state index contributed by atoms with van der Waals surface area (Å²) in [5, 5.41) is 2.59. The molecule has 1 aromatic carbocycles. The summed E-state index contributed by atoms with van der Waals surface area (Å²) in [6.07, 6.45) is -4.74. The Morgan fingerprint density at radius 3 is 2.26 bits per heavy atom. The summed E-state index contributed by atoms with van der Waals surface area (Å²) in [6.45, 7) is 4.64. The highest BCUT2D eigenvalue weighted by atomic mass is 32.2. The van der Waals surface area contributed by atoms with E-state index in [0.29, 0.717) is 0 Å². The van der Waals surface area contributed by atoms with Gasteiger partial charge in [-0.2, -0.15) is 18.2 Å². The lowest BCUT2D eigenvalue weighted by Gasteiger charge is -2.16. The second-order valence-corrected chi connectivity index (χ2v) is 8.36. The minimum absolute atomic E-state index is 0.117. The molecule has 0 spiro atoms. The summed E-state index contributed by atoms with van der Waals surface area (Å²) < 4.78 is 67.9. The average Bonchev–Trinajstić information content (AvgIpc) is 3.09. The Labute approximate surface area is 154 Å². The first-order valence-electron chi connectivity index (χ1n) is 7.95. The van der Waals surface area contributed by atoms with E-state index >= 15 is 0 Å². The first-order valence-corrected chi connectivity index (χ1v) is 9.49. The topological polar surface area (TPSA) is 102 Å². The third kappa shape index (κ3) is 5.13. The number of nitrogens with one attached hydrogen (secondary N) is 1. The van der Waals surface area contributed by atoms with Gasteiger partial charge < -0.3 is 4.52 Å². The SMILES string of the molecule is CC(C)C(C)S(=O)(=O)NCC(=O)c1ccc(-c2noc(C(F)(F)F)n2)cc1. The number of benzene rings is 1. The standard InChI is InChI=1S/C16H18F3N3O4S/c1-9(2)10(3)27(24,25)20-8-13(23)11-4-6-12(7-5-11)14-21-15(26-22-14)16(17,18)19/h4-7,9-10,20H,8H2,1-3H3. The number of rotatable bonds is 7. The second-order valence-electron chi connectivity index (χ2n) is 6.24. The molecule has 0 aliphatic heterocycles. The van der Waals surface area contributed by atoms with Gasteiger partial charge in [-0.3, -0.25) is 4.79 Å². The van der Waals surface area contributed by atoms with Crippen molar-refractivity contribution in [2.45, 2.75) is 32.2 Å². The van der Waals surface area contributed by atoms with Crippen LogP contribution < -0.4 is 4.72 Å². The maximum absolute atomic E-state index is 12.5. The fourth-order valence-electron chi connectivity index (χ4n) is 2.02. The summed E-state index contributed by atoms with van der Waals surface area (Å²) in [7, 11) is -3.63. The van der Waals surface area contributed by atoms with Gasteiger partial charge in [0, 0.05) is 11.1 Å². The molecule has 0 amide bonds. The predicted molar refractivity (Wildman–Crippen MR) is 90.3 cm³/mol. The van der Waals surface area contributed by atoms with Gasteiger partial charge in [0.15, 0.2) is 5.78 Å². The Balaban J connectivity index is 2.07. The molecule has 0 saturated carbocycles. The summed E-state index contributed by atoms with van der Waals surface area (Å²) >= 11 is 0. The fourth-order valence-corrected chi connectivity index (χ4v) is 3.33. The number of sulfonamides is 1. The minimum atomic E-state index is -4.74. The third-order valence-electron chi connectivity index (χ3n) is 4.00. The van der Waals surface area contributed by atoms with Gasteiger partial charge in [-0.15, -0.1) is 0 Å². The van der Waals surface area contributed by atoms with Crippen LogP contribution in [0.5, 0.6) is 0 Å². The van der Waals surface area contributed by atoms with Crippen molar-refractivity contribution in [1.82, 2.24) is 14.9 Å². The maximum atomic E-state index is 12.5. The largest absolute Gasteiger partial charge is 0.471 e. The second kappa shape index (κ2) is 7.77. The molecule has 11 heteroatoms. The minimum Gasteiger partial charge on any atom is -0.329 e. The predicted octanol–water partition coefficient (Wildman–Crippen LogP) is 2.90. The molecular weight excluding hydrogens is 387 g/mol. The Hall–Kier alpha value is -2.27. The first-order chi connectivity index (χ1) is 12.4. The number of ketones is 1. The van der Waals surface area contributed by atoms with Gasteiger partial charge >= 0.3 is 12.1 Å². The van der Waals surface area contributed by atoms with E-state index in [2.05, 4.69) is 19.4 Å². The lowest BCUT2D eigenvalue weighted by atomic mass is 10.1. The van der Waals surface area contributed by atoms with Crippen molar-refractivity contribution in [3.8, 4) is 11.4 Å². The van der Waals surface area contributed by atoms with E-state index < -0.39 is 39.7 Å². The lowest BCUT2D eigenvalue weighted by Crippen LogP contribution is -2.38. The van der Waals surface area contributed by atoms with Crippen LogP contribution in [0.1, 0.15) is 37.0 Å². The number of hydrogen-bond acceptors (Lipinski definition) is 6. The van der Waals surface area contributed by atoms with Crippen LogP contribution in [0.15, 0.2) is 28.8 Å². The molecule has 1 heterocycles. The smallest absolute Gasteiger partial charge is 0.329 e. The van der Waals surface area contributed by atoms with Crippen molar-refractivity contribution in [3.63, 3.8) is 0 Å². The monoisotopic (exact) mass is 405 g/mol. The van der Waals surface area contributed by atoms with Gasteiger partial charge in [0.2, 0.25) is 15.8 Å². The van der Waals surface area contributed by atoms with Crippen molar-refractivity contribution >= 4 is 15.8 Å². The molecule has 0 aliphatic carbocycles. The number of alkyl halides is 3. The summed E-state index contributed by atoms with van der Waals surface area (Å²) in [5.74, 6) is -2.34. The van der Waals surface area contributed by atoms with E-state index in [0.717, 1.165) is 0 Å². The molecular formula is C16H18F3N3O4S. The van der Waals surface area contributed by atoms with Gasteiger partial charge in [-0.1, -0.05) is 43.3 Å². The molecule has 148 valence electrons. The molecule has 2 rings (SSSR count). The van der Waals surface area contributed by atoms with Crippen LogP contribution in [0.25, 0.3) is 11.4 Å². The number of Topliss-reactive ketones (excluding diaryl/α,β-unsaturated/α-hetero) is 1. The van der Waals surface area contributed by atoms with E-state index in [-0.39, 0.29) is 22.9 Å². The molecule has 27 heavy (non-hydrogen) atoms. The number of carbonyl (C=O) groups is 1. The molecule has 0 saturated heterocycles. The van der Waals surface area contributed by atoms with E-state index in [1.807, 2.05) is 0 Å². The highest BCUT2D eigenvalue weighted by molar-refractivity contribution is 7.90. The molecule has 0 aliphatic rings. The van der Waals surface area contributed by atoms with Crippen LogP contribution in [-0.4, -0.2) is 36.1 Å². The molecule has 1 aromatic heterocycles. The van der Waals surface area contributed by atoms with Gasteiger partial charge in [-0.25, -0.2) is 13.1 Å². The van der Waals surface area contributed by atoms with Gasteiger partial charge in [0.05, 0.1) is 11.8 Å². The summed E-state index contributed by atoms with van der Waals surface area (Å²) in [5.41, 5.74) is 0.415. The van der Waals surface area contributed by atoms with Crippen LogP contribution in [0, 0.1) is 5.92 Å². The molecule has 1 atom stereocenters. The van der Waals surface area contributed by atoms with Crippen molar-refractivity contribution < 1.29 is 30.9 Å². The molecule has 1 N–H and O–H groups in total. The number of nitrogens with zero attached hydrogens (tertiary/aromatic N) is 2. The molecule has 0 radical (unpaired) electrons. The van der Waals surface area contributed by atoms with Gasteiger partial charge in [0.1, 0.15) is 0 Å². The molecule has 2 aromatic rings. The Morgan fingerprint density at radius 1 is 1.19 bits per heavy atom. The number of aromatic nitrogens is 2. The molecule has 0 fully saturated rings. The van der Waals surface area contributed by atoms with Crippen LogP contribution in [0.2, 0.25) is 0 Å².